The number of nitrogens with zero attached hydrogens (tertiary/aromatic N) is 2. The van der Waals surface area contributed by atoms with Gasteiger partial charge in [0.25, 0.3) is 5.91 Å². The summed E-state index contributed by atoms with van der Waals surface area (Å²) in [5.41, 5.74) is 4.66. The zero-order valence-electron chi connectivity index (χ0n) is 16.7. The van der Waals surface area contributed by atoms with Gasteiger partial charge in [0, 0.05) is 19.7 Å². The van der Waals surface area contributed by atoms with Crippen LogP contribution in [-0.2, 0) is 14.3 Å². The number of hydrogen-bond acceptors (Lipinski definition) is 5. The molecule has 1 saturated carbocycles. The van der Waals surface area contributed by atoms with Gasteiger partial charge in [-0.2, -0.15) is 0 Å². The molecule has 2 saturated heterocycles. The molecule has 1 aliphatic carbocycles. The van der Waals surface area contributed by atoms with Crippen molar-refractivity contribution in [3.63, 3.8) is 0 Å². The summed E-state index contributed by atoms with van der Waals surface area (Å²) in [6, 6.07) is -0.429. The van der Waals surface area contributed by atoms with Gasteiger partial charge in [-0.05, 0) is 44.6 Å². The van der Waals surface area contributed by atoms with E-state index < -0.39 is 11.6 Å². The van der Waals surface area contributed by atoms with Gasteiger partial charge in [0.1, 0.15) is 12.1 Å². The molecule has 0 aromatic rings. The molecule has 0 bridgehead atoms. The van der Waals surface area contributed by atoms with Crippen LogP contribution < -0.4 is 11.1 Å². The van der Waals surface area contributed by atoms with Crippen molar-refractivity contribution in [2.45, 2.75) is 63.5 Å². The average molecular weight is 417 g/mol. The first-order chi connectivity index (χ1) is 13.0. The van der Waals surface area contributed by atoms with Crippen LogP contribution in [0.1, 0.15) is 51.9 Å². The molecule has 1 spiro atoms. The summed E-state index contributed by atoms with van der Waals surface area (Å²) in [5.74, 6) is -0.295. The number of carbonyl (C=O) groups is 3. The summed E-state index contributed by atoms with van der Waals surface area (Å²) in [4.78, 5) is 40.9. The topological polar surface area (TPSA) is 105 Å². The van der Waals surface area contributed by atoms with Crippen molar-refractivity contribution < 1.29 is 19.1 Å². The van der Waals surface area contributed by atoms with Gasteiger partial charge in [0.15, 0.2) is 0 Å². The molecule has 28 heavy (non-hydrogen) atoms. The Morgan fingerprint density at radius 3 is 2.61 bits per heavy atom. The van der Waals surface area contributed by atoms with Gasteiger partial charge in [-0.3, -0.25) is 14.5 Å². The van der Waals surface area contributed by atoms with Crippen molar-refractivity contribution in [3.8, 4) is 0 Å². The van der Waals surface area contributed by atoms with E-state index in [9.17, 15) is 14.4 Å². The molecule has 2 aliphatic heterocycles. The molecule has 2 unspecified atom stereocenters. The Labute approximate surface area is 172 Å². The van der Waals surface area contributed by atoms with Gasteiger partial charge in [-0.1, -0.05) is 19.8 Å². The highest BCUT2D eigenvalue weighted by molar-refractivity contribution is 6.09. The molecule has 0 aromatic carbocycles. The van der Waals surface area contributed by atoms with Crippen LogP contribution in [0.2, 0.25) is 0 Å². The van der Waals surface area contributed by atoms with Gasteiger partial charge in [0.05, 0.1) is 6.10 Å². The number of hydrogen-bond donors (Lipinski definition) is 2. The Morgan fingerprint density at radius 2 is 1.96 bits per heavy atom. The van der Waals surface area contributed by atoms with Gasteiger partial charge < -0.3 is 20.7 Å². The lowest BCUT2D eigenvalue weighted by Crippen LogP contribution is -2.54. The lowest BCUT2D eigenvalue weighted by Gasteiger charge is -2.37. The van der Waals surface area contributed by atoms with E-state index in [-0.39, 0.29) is 42.8 Å². The summed E-state index contributed by atoms with van der Waals surface area (Å²) in [7, 11) is 0. The van der Waals surface area contributed by atoms with Gasteiger partial charge >= 0.3 is 6.03 Å². The van der Waals surface area contributed by atoms with E-state index in [1.807, 2.05) is 6.92 Å². The van der Waals surface area contributed by atoms with E-state index >= 15 is 0 Å². The first kappa shape index (κ1) is 22.9. The molecule has 0 radical (unpaired) electrons. The number of piperidine rings is 1. The third-order valence-electron chi connectivity index (χ3n) is 6.29. The standard InChI is InChI=1S/C19H32N4O4.ClH/c1-14-5-2-3-8-19(14)17(25)23(18(26)21-19)13-16(24)22-10-6-15(7-11-22)27-12-4-9-20;/h14-15H,2-13,20H2,1H3,(H,21,26);1H. The summed E-state index contributed by atoms with van der Waals surface area (Å²) in [5, 5.41) is 2.90. The maximum absolute atomic E-state index is 13.0. The number of carbonyl (C=O) groups excluding carboxylic acids is 3. The minimum absolute atomic E-state index is 0. The second kappa shape index (κ2) is 9.89. The zero-order valence-corrected chi connectivity index (χ0v) is 17.5. The minimum Gasteiger partial charge on any atom is -0.378 e. The molecule has 3 fully saturated rings. The number of imide groups is 1. The average Bonchev–Trinajstić information content (AvgIpc) is 2.90. The Balaban J connectivity index is 0.00000280. The van der Waals surface area contributed by atoms with Crippen molar-refractivity contribution in [1.82, 2.24) is 15.1 Å². The fourth-order valence-electron chi connectivity index (χ4n) is 4.48. The number of ether oxygens (including phenoxy) is 1. The highest BCUT2D eigenvalue weighted by Crippen LogP contribution is 2.38. The van der Waals surface area contributed by atoms with Gasteiger partial charge in [-0.25, -0.2) is 4.79 Å². The predicted molar refractivity (Wildman–Crippen MR) is 107 cm³/mol. The largest absolute Gasteiger partial charge is 0.378 e. The van der Waals surface area contributed by atoms with Crippen molar-refractivity contribution in [2.75, 3.05) is 32.8 Å². The molecule has 4 amide bonds. The van der Waals surface area contributed by atoms with Crippen LogP contribution in [0.25, 0.3) is 0 Å². The summed E-state index contributed by atoms with van der Waals surface area (Å²) < 4.78 is 5.76. The fourth-order valence-corrected chi connectivity index (χ4v) is 4.48. The van der Waals surface area contributed by atoms with Crippen LogP contribution in [0, 0.1) is 5.92 Å². The van der Waals surface area contributed by atoms with E-state index in [1.165, 1.54) is 0 Å². The number of amides is 4. The third kappa shape index (κ3) is 4.60. The molecular weight excluding hydrogens is 384 g/mol. The van der Waals surface area contributed by atoms with Crippen LogP contribution >= 0.6 is 12.4 Å². The summed E-state index contributed by atoms with van der Waals surface area (Å²) in [6.07, 6.45) is 6.13. The Kier molecular flexibility index (Phi) is 8.09. The third-order valence-corrected chi connectivity index (χ3v) is 6.29. The fraction of sp³-hybridized carbons (Fsp3) is 0.842. The molecule has 3 aliphatic rings. The van der Waals surface area contributed by atoms with Gasteiger partial charge in [0.2, 0.25) is 5.91 Å². The lowest BCUT2D eigenvalue weighted by molar-refractivity contribution is -0.141. The normalized spacial score (nSPS) is 28.4. The number of nitrogens with one attached hydrogen (secondary N) is 1. The molecule has 0 aromatic heterocycles. The number of rotatable bonds is 6. The van der Waals surface area contributed by atoms with E-state index in [4.69, 9.17) is 10.5 Å². The maximum Gasteiger partial charge on any atom is 0.325 e. The molecule has 2 heterocycles. The summed E-state index contributed by atoms with van der Waals surface area (Å²) in [6.45, 7) is 4.30. The summed E-state index contributed by atoms with van der Waals surface area (Å²) >= 11 is 0. The smallest absolute Gasteiger partial charge is 0.325 e. The number of likely N-dealkylation sites (tertiary alicyclic amines) is 1. The van der Waals surface area contributed by atoms with E-state index in [0.717, 1.165) is 43.4 Å². The van der Waals surface area contributed by atoms with Crippen molar-refractivity contribution in [1.29, 1.82) is 0 Å². The van der Waals surface area contributed by atoms with Crippen LogP contribution in [0.4, 0.5) is 4.79 Å². The Hall–Kier alpha value is -1.38. The van der Waals surface area contributed by atoms with Crippen LogP contribution in [-0.4, -0.2) is 72.1 Å². The lowest BCUT2D eigenvalue weighted by atomic mass is 9.73. The van der Waals surface area contributed by atoms with E-state index in [2.05, 4.69) is 5.32 Å². The maximum atomic E-state index is 13.0. The first-order valence-corrected chi connectivity index (χ1v) is 10.2. The van der Waals surface area contributed by atoms with E-state index in [1.54, 1.807) is 4.90 Å². The highest BCUT2D eigenvalue weighted by atomic mass is 35.5. The molecule has 3 rings (SSSR count). The Bertz CT molecular complexity index is 582. The zero-order chi connectivity index (χ0) is 19.4. The highest BCUT2D eigenvalue weighted by Gasteiger charge is 2.55. The molecule has 160 valence electrons. The first-order valence-electron chi connectivity index (χ1n) is 10.2. The van der Waals surface area contributed by atoms with Crippen molar-refractivity contribution >= 4 is 30.3 Å². The van der Waals surface area contributed by atoms with Crippen LogP contribution in [0.15, 0.2) is 0 Å². The monoisotopic (exact) mass is 416 g/mol. The van der Waals surface area contributed by atoms with Crippen LogP contribution in [0.5, 0.6) is 0 Å². The Morgan fingerprint density at radius 1 is 1.25 bits per heavy atom. The predicted octanol–water partition coefficient (Wildman–Crippen LogP) is 1.27. The quantitative estimate of drug-likeness (QED) is 0.501. The van der Waals surface area contributed by atoms with Crippen LogP contribution in [0.3, 0.4) is 0 Å². The van der Waals surface area contributed by atoms with Crippen molar-refractivity contribution in [2.24, 2.45) is 11.7 Å². The number of nitrogens with two attached hydrogens (primary N) is 1. The number of halogens is 1. The van der Waals surface area contributed by atoms with E-state index in [0.29, 0.717) is 32.7 Å². The molecule has 3 N–H and O–H groups in total. The molecular formula is C19H33ClN4O4. The number of urea groups is 1. The van der Waals surface area contributed by atoms with Crippen molar-refractivity contribution in [3.05, 3.63) is 0 Å². The second-order valence-corrected chi connectivity index (χ2v) is 8.03. The minimum atomic E-state index is -0.806. The van der Waals surface area contributed by atoms with Gasteiger partial charge in [-0.15, -0.1) is 12.4 Å². The molecule has 8 nitrogen and oxygen atoms in total. The SMILES string of the molecule is CC1CCCCC12NC(=O)N(CC(=O)N1CCC(OCCCN)CC1)C2=O.Cl. The molecule has 2 atom stereocenters. The molecule has 9 heteroatoms. The second-order valence-electron chi connectivity index (χ2n) is 8.03.